The Bertz CT molecular complexity index is 763. The van der Waals surface area contributed by atoms with Gasteiger partial charge >= 0.3 is 5.97 Å². The van der Waals surface area contributed by atoms with Crippen LogP contribution in [0.2, 0.25) is 0 Å². The second-order valence-corrected chi connectivity index (χ2v) is 8.12. The van der Waals surface area contributed by atoms with E-state index in [1.54, 1.807) is 14.0 Å². The van der Waals surface area contributed by atoms with Crippen LogP contribution < -0.4 is 4.74 Å². The summed E-state index contributed by atoms with van der Waals surface area (Å²) < 4.78 is 9.80. The molecule has 0 amide bonds. The number of Topliss-reactive ketones (excluding diaryl/α,β-unsaturated/α-hetero) is 1. The van der Waals surface area contributed by atoms with Gasteiger partial charge in [0.1, 0.15) is 11.5 Å². The monoisotopic (exact) mass is 389 g/mol. The Morgan fingerprint density at radius 3 is 2.71 bits per heavy atom. The molecule has 1 N–H and O–H groups in total. The number of piperidine rings is 1. The zero-order valence-electron chi connectivity index (χ0n) is 17.3. The summed E-state index contributed by atoms with van der Waals surface area (Å²) in [6, 6.07) is 6.26. The Morgan fingerprint density at radius 2 is 2.11 bits per heavy atom. The van der Waals surface area contributed by atoms with Gasteiger partial charge < -0.3 is 19.5 Å². The number of benzene rings is 1. The van der Waals surface area contributed by atoms with E-state index in [1.807, 2.05) is 6.07 Å². The van der Waals surface area contributed by atoms with E-state index < -0.39 is 11.0 Å². The molecule has 154 valence electrons. The molecular weight excluding hydrogens is 358 g/mol. The molecule has 3 atom stereocenters. The van der Waals surface area contributed by atoms with E-state index in [-0.39, 0.29) is 17.8 Å². The van der Waals surface area contributed by atoms with Crippen LogP contribution in [0, 0.1) is 0 Å². The van der Waals surface area contributed by atoms with Crippen LogP contribution in [0.1, 0.15) is 50.7 Å². The van der Waals surface area contributed by atoms with E-state index in [0.717, 1.165) is 30.7 Å². The molecular formula is C22H31NO5. The number of carbonyl (C=O) groups is 2. The highest BCUT2D eigenvalue weighted by atomic mass is 16.5. The first-order chi connectivity index (χ1) is 13.3. The molecule has 3 aliphatic rings. The molecule has 1 aliphatic heterocycles. The van der Waals surface area contributed by atoms with Crippen molar-refractivity contribution in [3.63, 3.8) is 0 Å². The van der Waals surface area contributed by atoms with Crippen LogP contribution in [-0.2, 0) is 26.2 Å². The lowest BCUT2D eigenvalue weighted by Crippen LogP contribution is -2.72. The highest BCUT2D eigenvalue weighted by molar-refractivity contribution is 5.82. The maximum absolute atomic E-state index is 12.2. The fourth-order valence-electron chi connectivity index (χ4n) is 5.33. The third-order valence-corrected chi connectivity index (χ3v) is 6.68. The van der Waals surface area contributed by atoms with Gasteiger partial charge in [-0.2, -0.15) is 0 Å². The van der Waals surface area contributed by atoms with Crippen molar-refractivity contribution in [2.75, 3.05) is 27.3 Å². The van der Waals surface area contributed by atoms with Crippen molar-refractivity contribution in [2.24, 2.45) is 0 Å². The lowest BCUT2D eigenvalue weighted by molar-refractivity contribution is -0.168. The molecule has 2 aliphatic carbocycles. The first-order valence-electron chi connectivity index (χ1n) is 10.0. The zero-order chi connectivity index (χ0) is 20.5. The molecule has 1 saturated heterocycles. The number of hydrogen-bond donors (Lipinski definition) is 1. The van der Waals surface area contributed by atoms with Gasteiger partial charge in [0.05, 0.1) is 19.3 Å². The Labute approximate surface area is 166 Å². The smallest absolute Gasteiger partial charge is 0.302 e. The van der Waals surface area contributed by atoms with Gasteiger partial charge in [0, 0.05) is 31.2 Å². The van der Waals surface area contributed by atoms with Crippen LogP contribution in [0.4, 0.5) is 0 Å². The standard InChI is InChI=1S/C18H23NO3.C4H8O2/c1-19-8-7-17-11-13(20)5-6-18(17,21)16(19)9-12-3-4-14(22-2)10-15(12)17;1-3-6-4(2)5/h3-4,10,16,21H,5-9,11H2,1-2H3;3H2,1-2H3/t16?,17-,18?;/m1./s1. The first kappa shape index (κ1) is 20.8. The van der Waals surface area contributed by atoms with Crippen molar-refractivity contribution in [1.82, 2.24) is 4.90 Å². The number of esters is 1. The number of ketones is 1. The van der Waals surface area contributed by atoms with E-state index in [0.29, 0.717) is 25.9 Å². The Balaban J connectivity index is 0.000000330. The molecule has 2 unspecified atom stereocenters. The summed E-state index contributed by atoms with van der Waals surface area (Å²) in [6.45, 7) is 4.58. The van der Waals surface area contributed by atoms with Crippen LogP contribution in [0.25, 0.3) is 0 Å². The number of nitrogens with zero attached hydrogens (tertiary/aromatic N) is 1. The number of likely N-dealkylation sites (N-methyl/N-ethyl adjacent to an activating group) is 1. The van der Waals surface area contributed by atoms with E-state index in [1.165, 1.54) is 12.5 Å². The highest BCUT2D eigenvalue weighted by Crippen LogP contribution is 2.57. The maximum atomic E-state index is 12.2. The topological polar surface area (TPSA) is 76.1 Å². The molecule has 2 bridgehead atoms. The molecule has 1 aromatic rings. The molecule has 4 rings (SSSR count). The minimum atomic E-state index is -0.798. The third-order valence-electron chi connectivity index (χ3n) is 6.68. The molecule has 1 saturated carbocycles. The molecule has 0 radical (unpaired) electrons. The van der Waals surface area contributed by atoms with Crippen LogP contribution in [-0.4, -0.2) is 60.7 Å². The number of likely N-dealkylation sites (tertiary alicyclic amines) is 1. The predicted molar refractivity (Wildman–Crippen MR) is 106 cm³/mol. The Kier molecular flexibility index (Phi) is 5.82. The van der Waals surface area contributed by atoms with Gasteiger partial charge in [0.15, 0.2) is 0 Å². The van der Waals surface area contributed by atoms with Gasteiger partial charge in [-0.15, -0.1) is 0 Å². The zero-order valence-corrected chi connectivity index (χ0v) is 17.3. The van der Waals surface area contributed by atoms with E-state index in [4.69, 9.17) is 4.74 Å². The number of carbonyl (C=O) groups excluding carboxylic acids is 2. The summed E-state index contributed by atoms with van der Waals surface area (Å²) in [5.74, 6) is 0.882. The van der Waals surface area contributed by atoms with Crippen LogP contribution in [0.3, 0.4) is 0 Å². The lowest BCUT2D eigenvalue weighted by atomic mass is 9.49. The molecule has 28 heavy (non-hydrogen) atoms. The van der Waals surface area contributed by atoms with Crippen LogP contribution >= 0.6 is 0 Å². The maximum Gasteiger partial charge on any atom is 0.302 e. The molecule has 6 nitrogen and oxygen atoms in total. The van der Waals surface area contributed by atoms with Crippen molar-refractivity contribution in [3.05, 3.63) is 29.3 Å². The fourth-order valence-corrected chi connectivity index (χ4v) is 5.33. The van der Waals surface area contributed by atoms with Gasteiger partial charge in [-0.25, -0.2) is 0 Å². The number of hydrogen-bond acceptors (Lipinski definition) is 6. The second kappa shape index (κ2) is 7.84. The van der Waals surface area contributed by atoms with Crippen molar-refractivity contribution in [2.45, 2.75) is 63.0 Å². The van der Waals surface area contributed by atoms with Crippen molar-refractivity contribution >= 4 is 11.8 Å². The molecule has 1 aromatic carbocycles. The molecule has 2 fully saturated rings. The highest BCUT2D eigenvalue weighted by Gasteiger charge is 2.64. The average molecular weight is 389 g/mol. The van der Waals surface area contributed by atoms with E-state index >= 15 is 0 Å². The van der Waals surface area contributed by atoms with Gasteiger partial charge in [0.2, 0.25) is 0 Å². The number of ether oxygens (including phenoxy) is 2. The fraction of sp³-hybridized carbons (Fsp3) is 0.636. The third kappa shape index (κ3) is 3.33. The Hall–Kier alpha value is -1.92. The van der Waals surface area contributed by atoms with Gasteiger partial charge in [-0.3, -0.25) is 9.59 Å². The predicted octanol–water partition coefficient (Wildman–Crippen LogP) is 2.25. The quantitative estimate of drug-likeness (QED) is 0.782. The summed E-state index contributed by atoms with van der Waals surface area (Å²) in [5, 5.41) is 11.6. The first-order valence-corrected chi connectivity index (χ1v) is 10.0. The minimum absolute atomic E-state index is 0.107. The molecule has 0 aromatic heterocycles. The number of aliphatic hydroxyl groups is 1. The lowest BCUT2D eigenvalue weighted by Gasteiger charge is -2.62. The molecule has 1 heterocycles. The van der Waals surface area contributed by atoms with E-state index in [9.17, 15) is 14.7 Å². The number of methoxy groups -OCH3 is 1. The number of fused-ring (bicyclic) bond motifs is 1. The number of rotatable bonds is 2. The molecule has 0 spiro atoms. The van der Waals surface area contributed by atoms with Gasteiger partial charge in [-0.1, -0.05) is 6.07 Å². The SMILES string of the molecule is CCOC(C)=O.COc1ccc2c(c1)[C@]13CCN(C)C(C2)C1(O)CCC(=O)C3. The van der Waals surface area contributed by atoms with Crippen LogP contribution in [0.5, 0.6) is 5.75 Å². The van der Waals surface area contributed by atoms with E-state index in [2.05, 4.69) is 28.8 Å². The average Bonchev–Trinajstić information content (AvgIpc) is 2.65. The second-order valence-electron chi connectivity index (χ2n) is 8.12. The summed E-state index contributed by atoms with van der Waals surface area (Å²) in [7, 11) is 3.76. The molecule has 6 heteroatoms. The van der Waals surface area contributed by atoms with Crippen LogP contribution in [0.15, 0.2) is 18.2 Å². The normalized spacial score (nSPS) is 31.0. The largest absolute Gasteiger partial charge is 0.497 e. The summed E-state index contributed by atoms with van der Waals surface area (Å²) in [6.07, 6.45) is 3.23. The summed E-state index contributed by atoms with van der Waals surface area (Å²) in [5.41, 5.74) is 1.18. The van der Waals surface area contributed by atoms with Crippen molar-refractivity contribution in [3.8, 4) is 5.75 Å². The van der Waals surface area contributed by atoms with Gasteiger partial charge in [-0.05, 0) is 63.0 Å². The summed E-state index contributed by atoms with van der Waals surface area (Å²) >= 11 is 0. The van der Waals surface area contributed by atoms with Crippen molar-refractivity contribution in [1.29, 1.82) is 0 Å². The van der Waals surface area contributed by atoms with Crippen molar-refractivity contribution < 1.29 is 24.2 Å². The van der Waals surface area contributed by atoms with Gasteiger partial charge in [0.25, 0.3) is 0 Å². The Morgan fingerprint density at radius 1 is 1.36 bits per heavy atom. The summed E-state index contributed by atoms with van der Waals surface area (Å²) in [4.78, 5) is 24.3. The minimum Gasteiger partial charge on any atom is -0.497 e.